The van der Waals surface area contributed by atoms with Crippen LogP contribution in [0.5, 0.6) is 0 Å². The standard InChI is InChI=1S/C7H8Cl2O2/c1-2-7(8,9)6(3-4-6)5(10)11/h2H,1,3-4H2,(H,10,11). The van der Waals surface area contributed by atoms with Crippen molar-refractivity contribution in [3.63, 3.8) is 0 Å². The molecule has 0 atom stereocenters. The lowest BCUT2D eigenvalue weighted by Crippen LogP contribution is -2.32. The van der Waals surface area contributed by atoms with Crippen LogP contribution in [-0.2, 0) is 4.79 Å². The molecule has 0 aromatic carbocycles. The molecule has 2 nitrogen and oxygen atoms in total. The van der Waals surface area contributed by atoms with E-state index in [1.807, 2.05) is 0 Å². The van der Waals surface area contributed by atoms with E-state index in [0.717, 1.165) is 0 Å². The Morgan fingerprint density at radius 2 is 2.09 bits per heavy atom. The molecular weight excluding hydrogens is 187 g/mol. The van der Waals surface area contributed by atoms with E-state index < -0.39 is 15.7 Å². The van der Waals surface area contributed by atoms with Gasteiger partial charge in [-0.2, -0.15) is 0 Å². The monoisotopic (exact) mass is 194 g/mol. The number of alkyl halides is 2. The van der Waals surface area contributed by atoms with Crippen molar-refractivity contribution in [2.24, 2.45) is 5.41 Å². The second-order valence-electron chi connectivity index (χ2n) is 2.71. The van der Waals surface area contributed by atoms with Crippen LogP contribution in [0.4, 0.5) is 0 Å². The summed E-state index contributed by atoms with van der Waals surface area (Å²) < 4.78 is -1.32. The molecule has 0 aromatic rings. The molecule has 1 rings (SSSR count). The van der Waals surface area contributed by atoms with E-state index in [1.165, 1.54) is 6.08 Å². The van der Waals surface area contributed by atoms with Crippen molar-refractivity contribution in [1.29, 1.82) is 0 Å². The zero-order chi connectivity index (χ0) is 8.70. The maximum absolute atomic E-state index is 10.7. The number of carboxylic acids is 1. The highest BCUT2D eigenvalue weighted by Gasteiger charge is 2.62. The van der Waals surface area contributed by atoms with Gasteiger partial charge in [-0.25, -0.2) is 0 Å². The second-order valence-corrected chi connectivity index (χ2v) is 4.10. The molecule has 4 heteroatoms. The van der Waals surface area contributed by atoms with E-state index >= 15 is 0 Å². The lowest BCUT2D eigenvalue weighted by Gasteiger charge is -2.22. The molecule has 0 heterocycles. The van der Waals surface area contributed by atoms with Crippen molar-refractivity contribution in [1.82, 2.24) is 0 Å². The van der Waals surface area contributed by atoms with Gasteiger partial charge in [0.05, 0.1) is 0 Å². The van der Waals surface area contributed by atoms with Crippen LogP contribution >= 0.6 is 23.2 Å². The third kappa shape index (κ3) is 1.14. The molecule has 0 amide bonds. The predicted octanol–water partition coefficient (Wildman–Crippen LogP) is 2.21. The molecule has 0 radical (unpaired) electrons. The lowest BCUT2D eigenvalue weighted by atomic mass is 10.0. The number of carboxylic acid groups (broad SMARTS) is 1. The smallest absolute Gasteiger partial charge is 0.313 e. The SMILES string of the molecule is C=CC(Cl)(Cl)C1(C(=O)O)CC1. The van der Waals surface area contributed by atoms with Gasteiger partial charge in [-0.1, -0.05) is 29.3 Å². The summed E-state index contributed by atoms with van der Waals surface area (Å²) in [5.74, 6) is -0.942. The van der Waals surface area contributed by atoms with Crippen molar-refractivity contribution < 1.29 is 9.90 Å². The number of carbonyl (C=O) groups is 1. The topological polar surface area (TPSA) is 37.3 Å². The molecule has 0 bridgehead atoms. The Morgan fingerprint density at radius 3 is 2.18 bits per heavy atom. The van der Waals surface area contributed by atoms with E-state index in [4.69, 9.17) is 28.3 Å². The molecule has 11 heavy (non-hydrogen) atoms. The van der Waals surface area contributed by atoms with Gasteiger partial charge in [0, 0.05) is 0 Å². The molecule has 1 aliphatic carbocycles. The number of hydrogen-bond donors (Lipinski definition) is 1. The van der Waals surface area contributed by atoms with Gasteiger partial charge < -0.3 is 5.11 Å². The van der Waals surface area contributed by atoms with Crippen LogP contribution in [0.2, 0.25) is 0 Å². The van der Waals surface area contributed by atoms with Crippen LogP contribution < -0.4 is 0 Å². The van der Waals surface area contributed by atoms with E-state index in [0.29, 0.717) is 12.8 Å². The molecule has 0 aromatic heterocycles. The van der Waals surface area contributed by atoms with Gasteiger partial charge in [0.25, 0.3) is 0 Å². The van der Waals surface area contributed by atoms with Gasteiger partial charge in [0.2, 0.25) is 0 Å². The Kier molecular flexibility index (Phi) is 1.93. The highest BCUT2D eigenvalue weighted by Crippen LogP contribution is 2.59. The molecule has 0 aliphatic heterocycles. The summed E-state index contributed by atoms with van der Waals surface area (Å²) in [6.45, 7) is 3.39. The van der Waals surface area contributed by atoms with E-state index in [1.54, 1.807) is 0 Å². The summed E-state index contributed by atoms with van der Waals surface area (Å²) in [6, 6.07) is 0. The number of halogens is 2. The third-order valence-corrected chi connectivity index (χ3v) is 3.09. The van der Waals surface area contributed by atoms with Crippen molar-refractivity contribution in [3.8, 4) is 0 Å². The Morgan fingerprint density at radius 1 is 1.64 bits per heavy atom. The predicted molar refractivity (Wildman–Crippen MR) is 43.9 cm³/mol. The summed E-state index contributed by atoms with van der Waals surface area (Å²) in [5.41, 5.74) is -0.974. The fraction of sp³-hybridized carbons (Fsp3) is 0.571. The largest absolute Gasteiger partial charge is 0.481 e. The Hall–Kier alpha value is -0.210. The van der Waals surface area contributed by atoms with Crippen LogP contribution in [0.15, 0.2) is 12.7 Å². The summed E-state index contributed by atoms with van der Waals surface area (Å²) >= 11 is 11.5. The maximum atomic E-state index is 10.7. The average molecular weight is 195 g/mol. The van der Waals surface area contributed by atoms with Crippen molar-refractivity contribution in [2.45, 2.75) is 17.2 Å². The van der Waals surface area contributed by atoms with Crippen LogP contribution in [0.25, 0.3) is 0 Å². The summed E-state index contributed by atoms with van der Waals surface area (Å²) in [5, 5.41) is 8.75. The van der Waals surface area contributed by atoms with E-state index in [9.17, 15) is 4.79 Å². The fourth-order valence-electron chi connectivity index (χ4n) is 1.01. The Bertz CT molecular complexity index is 206. The molecule has 62 valence electrons. The van der Waals surface area contributed by atoms with Gasteiger partial charge >= 0.3 is 5.97 Å². The zero-order valence-corrected chi connectivity index (χ0v) is 7.32. The van der Waals surface area contributed by atoms with Crippen molar-refractivity contribution in [3.05, 3.63) is 12.7 Å². The quantitative estimate of drug-likeness (QED) is 0.553. The maximum Gasteiger partial charge on any atom is 0.313 e. The summed E-state index contributed by atoms with van der Waals surface area (Å²) in [7, 11) is 0. The minimum Gasteiger partial charge on any atom is -0.481 e. The normalized spacial score (nSPS) is 20.9. The fourth-order valence-corrected chi connectivity index (χ4v) is 1.55. The Balaban J connectivity index is 2.89. The van der Waals surface area contributed by atoms with Crippen LogP contribution in [-0.4, -0.2) is 15.4 Å². The van der Waals surface area contributed by atoms with Crippen LogP contribution in [0, 0.1) is 5.41 Å². The molecule has 1 fully saturated rings. The first kappa shape index (κ1) is 8.88. The van der Waals surface area contributed by atoms with Gasteiger partial charge in [0.15, 0.2) is 4.33 Å². The number of allylic oxidation sites excluding steroid dienone is 1. The third-order valence-electron chi connectivity index (χ3n) is 2.05. The summed E-state index contributed by atoms with van der Waals surface area (Å²) in [4.78, 5) is 10.7. The number of aliphatic carboxylic acids is 1. The van der Waals surface area contributed by atoms with Gasteiger partial charge in [-0.3, -0.25) is 4.79 Å². The highest BCUT2D eigenvalue weighted by molar-refractivity contribution is 6.51. The minimum absolute atomic E-state index is 0.529. The molecule has 1 saturated carbocycles. The number of rotatable bonds is 3. The molecule has 0 spiro atoms. The second kappa shape index (κ2) is 2.39. The number of hydrogen-bond acceptors (Lipinski definition) is 1. The Labute approximate surface area is 74.8 Å². The zero-order valence-electron chi connectivity index (χ0n) is 5.81. The average Bonchev–Trinajstić information content (AvgIpc) is 2.66. The highest BCUT2D eigenvalue weighted by atomic mass is 35.5. The molecule has 0 unspecified atom stereocenters. The van der Waals surface area contributed by atoms with Gasteiger partial charge in [0.1, 0.15) is 5.41 Å². The van der Waals surface area contributed by atoms with E-state index in [-0.39, 0.29) is 0 Å². The first-order valence-corrected chi connectivity index (χ1v) is 3.97. The molecule has 1 N–H and O–H groups in total. The van der Waals surface area contributed by atoms with Gasteiger partial charge in [-0.05, 0) is 12.8 Å². The minimum atomic E-state index is -1.32. The lowest BCUT2D eigenvalue weighted by molar-refractivity contribution is -0.143. The van der Waals surface area contributed by atoms with Crippen LogP contribution in [0.1, 0.15) is 12.8 Å². The molecule has 1 aliphatic rings. The molecule has 0 saturated heterocycles. The first-order chi connectivity index (χ1) is 4.96. The van der Waals surface area contributed by atoms with Crippen LogP contribution in [0.3, 0.4) is 0 Å². The van der Waals surface area contributed by atoms with E-state index in [2.05, 4.69) is 6.58 Å². The molecular formula is C7H8Cl2O2. The van der Waals surface area contributed by atoms with Gasteiger partial charge in [-0.15, -0.1) is 6.58 Å². The first-order valence-electron chi connectivity index (χ1n) is 3.21. The van der Waals surface area contributed by atoms with Crippen molar-refractivity contribution >= 4 is 29.2 Å². The van der Waals surface area contributed by atoms with Crippen molar-refractivity contribution in [2.75, 3.05) is 0 Å². The summed E-state index contributed by atoms with van der Waals surface area (Å²) in [6.07, 6.45) is 2.33.